The molecule has 65 heavy (non-hydrogen) atoms. The van der Waals surface area contributed by atoms with Crippen LogP contribution in [0.1, 0.15) is 0 Å². The van der Waals surface area contributed by atoms with E-state index >= 15 is 0 Å². The fraction of sp³-hybridized carbons (Fsp3) is 0.0312. The van der Waals surface area contributed by atoms with Crippen LogP contribution in [0.4, 0.5) is 0 Å². The average Bonchev–Trinajstić information content (AvgIpc) is 3.58. The van der Waals surface area contributed by atoms with Crippen molar-refractivity contribution in [3.8, 4) is 44.5 Å². The molecule has 13 aromatic rings. The molecule has 1 aliphatic rings. The molecule has 0 atom stereocenters. The first-order valence-electron chi connectivity index (χ1n) is 22.9. The van der Waals surface area contributed by atoms with E-state index in [0.29, 0.717) is 0 Å². The van der Waals surface area contributed by atoms with Crippen LogP contribution in [-0.4, -0.2) is 8.07 Å². The minimum absolute atomic E-state index is 1.24. The zero-order valence-electron chi connectivity index (χ0n) is 36.3. The van der Waals surface area contributed by atoms with Crippen LogP contribution in [0.15, 0.2) is 218 Å². The third-order valence-electron chi connectivity index (χ3n) is 15.0. The summed E-state index contributed by atoms with van der Waals surface area (Å²) < 4.78 is 0. The van der Waals surface area contributed by atoms with Gasteiger partial charge in [-0.2, -0.15) is 0 Å². The zero-order chi connectivity index (χ0) is 43.0. The number of rotatable bonds is 3. The Balaban J connectivity index is 1.04. The topological polar surface area (TPSA) is 0 Å². The van der Waals surface area contributed by atoms with E-state index in [1.165, 1.54) is 141 Å². The summed E-state index contributed by atoms with van der Waals surface area (Å²) in [6.07, 6.45) is 0. The largest absolute Gasteiger partial charge is 0.113 e. The summed E-state index contributed by atoms with van der Waals surface area (Å²) in [4.78, 5) is 0. The molecule has 302 valence electrons. The normalized spacial score (nSPS) is 13.2. The van der Waals surface area contributed by atoms with Gasteiger partial charge in [-0.1, -0.05) is 213 Å². The van der Waals surface area contributed by atoms with Crippen LogP contribution >= 0.6 is 0 Å². The van der Waals surface area contributed by atoms with Crippen molar-refractivity contribution in [2.24, 2.45) is 0 Å². The highest BCUT2D eigenvalue weighted by Gasteiger charge is 2.38. The highest BCUT2D eigenvalue weighted by Crippen LogP contribution is 2.51. The van der Waals surface area contributed by atoms with Crippen molar-refractivity contribution in [2.45, 2.75) is 13.1 Å². The fourth-order valence-corrected chi connectivity index (χ4v) is 15.1. The third-order valence-corrected chi connectivity index (χ3v) is 18.5. The van der Waals surface area contributed by atoms with Gasteiger partial charge in [0.1, 0.15) is 8.07 Å². The second kappa shape index (κ2) is 13.6. The maximum atomic E-state index is 2.57. The van der Waals surface area contributed by atoms with Gasteiger partial charge >= 0.3 is 0 Å². The molecule has 0 unspecified atom stereocenters. The van der Waals surface area contributed by atoms with Crippen molar-refractivity contribution in [1.82, 2.24) is 0 Å². The highest BCUT2D eigenvalue weighted by atomic mass is 28.3. The summed E-state index contributed by atoms with van der Waals surface area (Å²) in [6.45, 7) is 5.10. The fourth-order valence-electron chi connectivity index (χ4n) is 12.1. The lowest BCUT2D eigenvalue weighted by atomic mass is 9.81. The van der Waals surface area contributed by atoms with Crippen molar-refractivity contribution in [3.63, 3.8) is 0 Å². The Morgan fingerprint density at radius 1 is 0.231 bits per heavy atom. The van der Waals surface area contributed by atoms with Crippen molar-refractivity contribution < 1.29 is 0 Å². The molecule has 0 bridgehead atoms. The monoisotopic (exact) mass is 838 g/mol. The lowest BCUT2D eigenvalue weighted by molar-refractivity contribution is 1.67. The van der Waals surface area contributed by atoms with E-state index in [1.54, 1.807) is 0 Å². The summed E-state index contributed by atoms with van der Waals surface area (Å²) in [6, 6.07) is 82.7. The van der Waals surface area contributed by atoms with E-state index in [-0.39, 0.29) is 0 Å². The summed E-state index contributed by atoms with van der Waals surface area (Å²) in [5.74, 6) is 0. The molecule has 0 saturated carbocycles. The van der Waals surface area contributed by atoms with Gasteiger partial charge in [0.2, 0.25) is 0 Å². The molecule has 0 amide bonds. The summed E-state index contributed by atoms with van der Waals surface area (Å²) >= 11 is 0. The van der Waals surface area contributed by atoms with E-state index in [0.717, 1.165) is 0 Å². The van der Waals surface area contributed by atoms with Crippen molar-refractivity contribution >= 4 is 105 Å². The second-order valence-electron chi connectivity index (χ2n) is 18.7. The molecular formula is C64H42Si. The first kappa shape index (κ1) is 36.6. The zero-order valence-corrected chi connectivity index (χ0v) is 37.3. The molecule has 0 fully saturated rings. The van der Waals surface area contributed by atoms with Crippen LogP contribution in [0.25, 0.3) is 131 Å². The predicted molar refractivity (Wildman–Crippen MR) is 285 cm³/mol. The van der Waals surface area contributed by atoms with Gasteiger partial charge in [0.05, 0.1) is 0 Å². The Kier molecular flexibility index (Phi) is 7.65. The van der Waals surface area contributed by atoms with Crippen molar-refractivity contribution in [1.29, 1.82) is 0 Å². The van der Waals surface area contributed by atoms with Gasteiger partial charge in [-0.15, -0.1) is 0 Å². The molecule has 0 aliphatic carbocycles. The van der Waals surface area contributed by atoms with Gasteiger partial charge in [0.15, 0.2) is 0 Å². The van der Waals surface area contributed by atoms with Crippen LogP contribution in [0.2, 0.25) is 13.1 Å². The maximum absolute atomic E-state index is 2.57. The van der Waals surface area contributed by atoms with E-state index in [2.05, 4.69) is 231 Å². The molecule has 0 spiro atoms. The molecule has 1 aliphatic heterocycles. The standard InChI is InChI=1S/C64H42Si/c1-65(2)59-34-33-42(36-57(59)58-37-55-45-21-7-5-19-43(45)44-20-6-8-22-46(44)56(55)38-60(58)65)62-49-25-11-15-29-53(49)64(54-30-16-12-26-50(54)62)63-51-27-13-9-23-47(51)61(48-24-10-14-28-52(48)63)41-32-31-39-17-3-4-18-40(39)35-41/h3-38H,1-2H3. The molecule has 13 aromatic carbocycles. The minimum atomic E-state index is -2.03. The number of benzene rings is 13. The molecule has 14 rings (SSSR count). The molecule has 1 heterocycles. The Labute approximate surface area is 378 Å². The van der Waals surface area contributed by atoms with Gasteiger partial charge < -0.3 is 0 Å². The lowest BCUT2D eigenvalue weighted by Crippen LogP contribution is -2.49. The van der Waals surface area contributed by atoms with Gasteiger partial charge in [0, 0.05) is 0 Å². The van der Waals surface area contributed by atoms with E-state index < -0.39 is 8.07 Å². The Morgan fingerprint density at radius 2 is 0.569 bits per heavy atom. The average molecular weight is 839 g/mol. The van der Waals surface area contributed by atoms with E-state index in [9.17, 15) is 0 Å². The maximum Gasteiger partial charge on any atom is 0.113 e. The molecular weight excluding hydrogens is 797 g/mol. The Morgan fingerprint density at radius 3 is 1.05 bits per heavy atom. The lowest BCUT2D eigenvalue weighted by Gasteiger charge is -2.23. The van der Waals surface area contributed by atoms with Crippen LogP contribution in [0.3, 0.4) is 0 Å². The van der Waals surface area contributed by atoms with E-state index in [4.69, 9.17) is 0 Å². The minimum Gasteiger partial charge on any atom is -0.0616 e. The van der Waals surface area contributed by atoms with E-state index in [1.807, 2.05) is 0 Å². The summed E-state index contributed by atoms with van der Waals surface area (Å²) in [5, 5.41) is 23.8. The smallest absolute Gasteiger partial charge is 0.0616 e. The predicted octanol–water partition coefficient (Wildman–Crippen LogP) is 16.7. The van der Waals surface area contributed by atoms with Crippen molar-refractivity contribution in [2.75, 3.05) is 0 Å². The van der Waals surface area contributed by atoms with Crippen LogP contribution in [0.5, 0.6) is 0 Å². The Bertz CT molecular complexity index is 4090. The van der Waals surface area contributed by atoms with Crippen LogP contribution < -0.4 is 10.4 Å². The SMILES string of the molecule is C[Si]1(C)c2ccc(-c3c4ccccc4c(-c4c5ccccc5c(-c5ccc6ccccc6c5)c5ccccc45)c4ccccc34)cc2-c2cc3c4ccccc4c4ccccc4c3cc21. The summed E-state index contributed by atoms with van der Waals surface area (Å²) in [5.41, 5.74) is 10.5. The molecule has 1 heteroatoms. The highest BCUT2D eigenvalue weighted by molar-refractivity contribution is 7.04. The molecule has 0 N–H and O–H groups in total. The molecule has 0 radical (unpaired) electrons. The second-order valence-corrected chi connectivity index (χ2v) is 23.0. The van der Waals surface area contributed by atoms with Crippen LogP contribution in [0, 0.1) is 0 Å². The molecule has 0 aromatic heterocycles. The first-order chi connectivity index (χ1) is 32.0. The number of fused-ring (bicyclic) bond motifs is 14. The molecule has 0 saturated heterocycles. The molecule has 0 nitrogen and oxygen atoms in total. The summed E-state index contributed by atoms with van der Waals surface area (Å²) in [7, 11) is -2.03. The Hall–Kier alpha value is -7.84. The number of hydrogen-bond donors (Lipinski definition) is 0. The number of hydrogen-bond acceptors (Lipinski definition) is 0. The van der Waals surface area contributed by atoms with Gasteiger partial charge in [-0.05, 0) is 159 Å². The first-order valence-corrected chi connectivity index (χ1v) is 25.9. The quantitative estimate of drug-likeness (QED) is 0.0945. The van der Waals surface area contributed by atoms with Gasteiger partial charge in [-0.3, -0.25) is 0 Å². The van der Waals surface area contributed by atoms with Gasteiger partial charge in [0.25, 0.3) is 0 Å². The van der Waals surface area contributed by atoms with Gasteiger partial charge in [-0.25, -0.2) is 0 Å². The van der Waals surface area contributed by atoms with Crippen molar-refractivity contribution in [3.05, 3.63) is 218 Å². The van der Waals surface area contributed by atoms with Crippen LogP contribution in [-0.2, 0) is 0 Å². The third kappa shape index (κ3) is 5.13.